The summed E-state index contributed by atoms with van der Waals surface area (Å²) in [6.45, 7) is 0. The van der Waals surface area contributed by atoms with Gasteiger partial charge in [0.05, 0.1) is 5.69 Å². The Labute approximate surface area is 68.0 Å². The number of rotatable bonds is 3. The summed E-state index contributed by atoms with van der Waals surface area (Å²) in [5.41, 5.74) is 5.01. The van der Waals surface area contributed by atoms with E-state index in [1.54, 1.807) is 0 Å². The van der Waals surface area contributed by atoms with E-state index in [-0.39, 0.29) is 5.69 Å². The second-order valence-corrected chi connectivity index (χ2v) is 2.30. The molecule has 1 aromatic rings. The minimum Gasteiger partial charge on any atom is -0.384 e. The quantitative estimate of drug-likeness (QED) is 0.433. The van der Waals surface area contributed by atoms with Gasteiger partial charge in [0, 0.05) is 6.20 Å². The zero-order valence-corrected chi connectivity index (χ0v) is 6.14. The van der Waals surface area contributed by atoms with Crippen LogP contribution in [0.3, 0.4) is 0 Å². The van der Waals surface area contributed by atoms with Crippen LogP contribution in [0.15, 0.2) is 12.3 Å². The van der Waals surface area contributed by atoms with Crippen molar-refractivity contribution in [3.8, 4) is 0 Å². The number of H-pyrrole nitrogens is 1. The number of aromatic amines is 1. The lowest BCUT2D eigenvalue weighted by atomic mass is 10.1. The Morgan fingerprint density at radius 2 is 2.33 bits per heavy atom. The summed E-state index contributed by atoms with van der Waals surface area (Å²) in [5, 5.41) is 24.2. The predicted octanol–water partition coefficient (Wildman–Crippen LogP) is -1.71. The first kappa shape index (κ1) is 8.69. The van der Waals surface area contributed by atoms with Crippen molar-refractivity contribution in [1.29, 1.82) is 0 Å². The third-order valence-corrected chi connectivity index (χ3v) is 1.43. The lowest BCUT2D eigenvalue weighted by Crippen LogP contribution is -2.34. The number of hydrogen-bond acceptors (Lipinski definition) is 4. The second-order valence-electron chi connectivity index (χ2n) is 2.30. The van der Waals surface area contributed by atoms with Crippen LogP contribution in [0.25, 0.3) is 0 Å². The van der Waals surface area contributed by atoms with Gasteiger partial charge >= 0.3 is 0 Å². The van der Waals surface area contributed by atoms with E-state index in [1.165, 1.54) is 12.3 Å². The summed E-state index contributed by atoms with van der Waals surface area (Å²) >= 11 is 0. The van der Waals surface area contributed by atoms with Crippen molar-refractivity contribution in [3.05, 3.63) is 18.0 Å². The largest absolute Gasteiger partial charge is 0.384 e. The number of carbonyl (C=O) groups is 1. The van der Waals surface area contributed by atoms with Gasteiger partial charge in [0.1, 0.15) is 6.10 Å². The van der Waals surface area contributed by atoms with Gasteiger partial charge in [-0.15, -0.1) is 0 Å². The number of aliphatic hydroxyl groups is 2. The zero-order valence-electron chi connectivity index (χ0n) is 6.14. The van der Waals surface area contributed by atoms with E-state index in [2.05, 4.69) is 10.2 Å². The maximum atomic E-state index is 10.4. The molecule has 0 fully saturated rings. The monoisotopic (exact) mass is 171 g/mol. The van der Waals surface area contributed by atoms with Crippen molar-refractivity contribution in [1.82, 2.24) is 10.2 Å². The number of primary amides is 1. The number of carbonyl (C=O) groups excluding carboxylic acids is 1. The molecule has 0 bridgehead atoms. The van der Waals surface area contributed by atoms with E-state index >= 15 is 0 Å². The second kappa shape index (κ2) is 3.33. The molecule has 6 nitrogen and oxygen atoms in total. The maximum Gasteiger partial charge on any atom is 0.249 e. The molecule has 12 heavy (non-hydrogen) atoms. The smallest absolute Gasteiger partial charge is 0.249 e. The maximum absolute atomic E-state index is 10.4. The van der Waals surface area contributed by atoms with Gasteiger partial charge in [-0.1, -0.05) is 0 Å². The Hall–Kier alpha value is -1.40. The highest BCUT2D eigenvalue weighted by molar-refractivity contribution is 5.79. The summed E-state index contributed by atoms with van der Waals surface area (Å²) in [7, 11) is 0. The average Bonchev–Trinajstić information content (AvgIpc) is 2.53. The van der Waals surface area contributed by atoms with Gasteiger partial charge in [0.25, 0.3) is 0 Å². The molecule has 0 saturated heterocycles. The van der Waals surface area contributed by atoms with Crippen LogP contribution in [0, 0.1) is 0 Å². The Bertz CT molecular complexity index is 259. The lowest BCUT2D eigenvalue weighted by Gasteiger charge is -2.11. The van der Waals surface area contributed by atoms with Crippen LogP contribution in [-0.2, 0) is 4.79 Å². The molecule has 0 radical (unpaired) electrons. The van der Waals surface area contributed by atoms with E-state index in [9.17, 15) is 9.90 Å². The fourth-order valence-corrected chi connectivity index (χ4v) is 0.757. The molecular weight excluding hydrogens is 162 g/mol. The van der Waals surface area contributed by atoms with Gasteiger partial charge in [-0.25, -0.2) is 0 Å². The molecule has 6 heteroatoms. The molecule has 0 aliphatic rings. The van der Waals surface area contributed by atoms with Gasteiger partial charge in [-0.2, -0.15) is 5.10 Å². The minimum absolute atomic E-state index is 0.251. The minimum atomic E-state index is -1.61. The number of amides is 1. The van der Waals surface area contributed by atoms with Gasteiger partial charge in [-0.3, -0.25) is 9.89 Å². The molecular formula is C6H9N3O3. The summed E-state index contributed by atoms with van der Waals surface area (Å²) in [6, 6.07) is 1.44. The lowest BCUT2D eigenvalue weighted by molar-refractivity contribution is -0.132. The molecule has 2 atom stereocenters. The Morgan fingerprint density at radius 1 is 1.67 bits per heavy atom. The number of nitrogens with one attached hydrogen (secondary N) is 1. The van der Waals surface area contributed by atoms with Crippen LogP contribution in [0.1, 0.15) is 11.8 Å². The van der Waals surface area contributed by atoms with Crippen molar-refractivity contribution in [2.45, 2.75) is 12.2 Å². The molecule has 0 saturated carbocycles. The van der Waals surface area contributed by atoms with Crippen LogP contribution < -0.4 is 5.73 Å². The summed E-state index contributed by atoms with van der Waals surface area (Å²) in [6.07, 6.45) is -1.55. The first-order valence-corrected chi connectivity index (χ1v) is 3.27. The molecule has 0 aromatic carbocycles. The van der Waals surface area contributed by atoms with E-state index in [0.29, 0.717) is 0 Å². The summed E-state index contributed by atoms with van der Waals surface area (Å²) < 4.78 is 0. The standard InChI is InChI=1S/C6H9N3O3/c7-6(12)5(11)4(10)3-1-2-8-9-3/h1-2,4-5,10-11H,(H2,7,12)(H,8,9). The van der Waals surface area contributed by atoms with Crippen LogP contribution in [0.4, 0.5) is 0 Å². The number of hydrogen-bond donors (Lipinski definition) is 4. The highest BCUT2D eigenvalue weighted by atomic mass is 16.3. The topological polar surface area (TPSA) is 112 Å². The molecule has 0 spiro atoms. The van der Waals surface area contributed by atoms with Gasteiger partial charge in [-0.05, 0) is 6.07 Å². The molecule has 66 valence electrons. The van der Waals surface area contributed by atoms with E-state index in [4.69, 9.17) is 10.8 Å². The predicted molar refractivity (Wildman–Crippen MR) is 38.7 cm³/mol. The van der Waals surface area contributed by atoms with E-state index < -0.39 is 18.1 Å². The summed E-state index contributed by atoms with van der Waals surface area (Å²) in [4.78, 5) is 10.4. The van der Waals surface area contributed by atoms with Crippen molar-refractivity contribution in [2.24, 2.45) is 5.73 Å². The van der Waals surface area contributed by atoms with E-state index in [1.807, 2.05) is 0 Å². The molecule has 0 aliphatic heterocycles. The SMILES string of the molecule is NC(=O)C(O)C(O)c1ccn[nH]1. The number of nitrogens with zero attached hydrogens (tertiary/aromatic N) is 1. The first-order valence-electron chi connectivity index (χ1n) is 3.27. The van der Waals surface area contributed by atoms with E-state index in [0.717, 1.165) is 0 Å². The van der Waals surface area contributed by atoms with Crippen LogP contribution in [0.5, 0.6) is 0 Å². The molecule has 1 aromatic heterocycles. The fraction of sp³-hybridized carbons (Fsp3) is 0.333. The molecule has 0 aliphatic carbocycles. The third-order valence-electron chi connectivity index (χ3n) is 1.43. The Balaban J connectivity index is 2.71. The van der Waals surface area contributed by atoms with Crippen molar-refractivity contribution in [3.63, 3.8) is 0 Å². The average molecular weight is 171 g/mol. The van der Waals surface area contributed by atoms with Gasteiger partial charge in [0.2, 0.25) is 5.91 Å². The molecule has 2 unspecified atom stereocenters. The molecule has 1 heterocycles. The van der Waals surface area contributed by atoms with Crippen molar-refractivity contribution in [2.75, 3.05) is 0 Å². The number of aliphatic hydroxyl groups excluding tert-OH is 2. The Morgan fingerprint density at radius 3 is 2.75 bits per heavy atom. The van der Waals surface area contributed by atoms with Crippen LogP contribution in [0.2, 0.25) is 0 Å². The highest BCUT2D eigenvalue weighted by Gasteiger charge is 2.23. The Kier molecular flexibility index (Phi) is 2.41. The number of aromatic nitrogens is 2. The van der Waals surface area contributed by atoms with Crippen molar-refractivity contribution < 1.29 is 15.0 Å². The molecule has 1 rings (SSSR count). The third kappa shape index (κ3) is 1.60. The van der Waals surface area contributed by atoms with Gasteiger partial charge < -0.3 is 15.9 Å². The number of nitrogens with two attached hydrogens (primary N) is 1. The van der Waals surface area contributed by atoms with Gasteiger partial charge in [0.15, 0.2) is 6.10 Å². The molecule has 5 N–H and O–H groups in total. The van der Waals surface area contributed by atoms with Crippen LogP contribution in [-0.4, -0.2) is 32.4 Å². The van der Waals surface area contributed by atoms with Crippen LogP contribution >= 0.6 is 0 Å². The first-order chi connectivity index (χ1) is 5.63. The summed E-state index contributed by atoms with van der Waals surface area (Å²) in [5.74, 6) is -0.975. The zero-order chi connectivity index (χ0) is 9.14. The molecule has 1 amide bonds. The van der Waals surface area contributed by atoms with Crippen molar-refractivity contribution >= 4 is 5.91 Å². The fourth-order valence-electron chi connectivity index (χ4n) is 0.757. The normalized spacial score (nSPS) is 15.5. The highest BCUT2D eigenvalue weighted by Crippen LogP contribution is 2.12.